The molecular formula is C15H13N3O2S2. The number of rotatable bonds is 3. The maximum atomic E-state index is 11.8. The second-order valence-corrected chi connectivity index (χ2v) is 6.20. The van der Waals surface area contributed by atoms with Crippen LogP contribution in [0.1, 0.15) is 0 Å². The Hall–Kier alpha value is -2.25. The largest absolute Gasteiger partial charge is 0.358 e. The molecule has 1 amide bonds. The van der Waals surface area contributed by atoms with Gasteiger partial charge in [0.05, 0.1) is 10.6 Å². The average molecular weight is 331 g/mol. The Kier molecular flexibility index (Phi) is 3.91. The minimum absolute atomic E-state index is 0.0652. The number of hydrogen-bond donors (Lipinski definition) is 2. The molecule has 0 atom stereocenters. The van der Waals surface area contributed by atoms with E-state index in [2.05, 4.69) is 10.3 Å². The van der Waals surface area contributed by atoms with E-state index in [-0.39, 0.29) is 22.8 Å². The molecule has 5 nitrogen and oxygen atoms in total. The monoisotopic (exact) mass is 331 g/mol. The van der Waals surface area contributed by atoms with E-state index in [0.29, 0.717) is 5.69 Å². The number of carbonyl (C=O) groups is 1. The fourth-order valence-electron chi connectivity index (χ4n) is 2.21. The van der Waals surface area contributed by atoms with E-state index in [0.717, 1.165) is 15.0 Å². The molecule has 0 saturated heterocycles. The van der Waals surface area contributed by atoms with Gasteiger partial charge >= 0.3 is 0 Å². The molecule has 1 aromatic carbocycles. The Balaban J connectivity index is 2.22. The number of benzene rings is 1. The van der Waals surface area contributed by atoms with E-state index >= 15 is 0 Å². The molecule has 0 fully saturated rings. The first-order chi connectivity index (χ1) is 10.6. The molecule has 0 radical (unpaired) electrons. The summed E-state index contributed by atoms with van der Waals surface area (Å²) >= 11 is 6.77. The van der Waals surface area contributed by atoms with Crippen LogP contribution < -0.4 is 10.9 Å². The van der Waals surface area contributed by atoms with Crippen LogP contribution in [-0.2, 0) is 11.3 Å². The van der Waals surface area contributed by atoms with Gasteiger partial charge in [-0.05, 0) is 29.7 Å². The van der Waals surface area contributed by atoms with Crippen molar-refractivity contribution >= 4 is 39.5 Å². The molecule has 3 rings (SSSR count). The molecule has 0 unspecified atom stereocenters. The lowest BCUT2D eigenvalue weighted by Gasteiger charge is -2.11. The minimum Gasteiger partial charge on any atom is -0.358 e. The van der Waals surface area contributed by atoms with Crippen molar-refractivity contribution in [2.45, 2.75) is 6.54 Å². The number of carbonyl (C=O) groups excluding carboxylic acids is 1. The van der Waals surface area contributed by atoms with E-state index in [1.165, 1.54) is 6.07 Å². The normalized spacial score (nSPS) is 10.8. The lowest BCUT2D eigenvalue weighted by molar-refractivity contribution is -0.121. The van der Waals surface area contributed by atoms with Crippen molar-refractivity contribution in [3.05, 3.63) is 51.5 Å². The van der Waals surface area contributed by atoms with Crippen LogP contribution in [0.2, 0.25) is 0 Å². The van der Waals surface area contributed by atoms with E-state index in [9.17, 15) is 9.59 Å². The molecule has 0 spiro atoms. The summed E-state index contributed by atoms with van der Waals surface area (Å²) in [5.74, 6) is -0.175. The molecule has 22 heavy (non-hydrogen) atoms. The Bertz CT molecular complexity index is 936. The molecule has 0 bridgehead atoms. The summed E-state index contributed by atoms with van der Waals surface area (Å²) in [6.07, 6.45) is 0. The number of likely N-dealkylation sites (N-methyl/N-ethyl adjacent to an activating group) is 1. The van der Waals surface area contributed by atoms with E-state index in [1.54, 1.807) is 23.0 Å². The van der Waals surface area contributed by atoms with Gasteiger partial charge < -0.3 is 9.88 Å². The Morgan fingerprint density at radius 2 is 2.14 bits per heavy atom. The third-order valence-electron chi connectivity index (χ3n) is 3.29. The molecule has 3 aromatic rings. The first-order valence-corrected chi connectivity index (χ1v) is 7.84. The van der Waals surface area contributed by atoms with Gasteiger partial charge in [0, 0.05) is 17.8 Å². The van der Waals surface area contributed by atoms with Gasteiger partial charge in [-0.3, -0.25) is 14.6 Å². The summed E-state index contributed by atoms with van der Waals surface area (Å²) in [7, 11) is 1.57. The highest BCUT2D eigenvalue weighted by Gasteiger charge is 2.12. The second-order valence-electron chi connectivity index (χ2n) is 4.73. The van der Waals surface area contributed by atoms with Gasteiger partial charge in [0.25, 0.3) is 5.56 Å². The topological polar surface area (TPSA) is 66.9 Å². The van der Waals surface area contributed by atoms with Crippen molar-refractivity contribution in [2.24, 2.45) is 0 Å². The van der Waals surface area contributed by atoms with Gasteiger partial charge in [-0.2, -0.15) is 0 Å². The van der Waals surface area contributed by atoms with Gasteiger partial charge in [-0.1, -0.05) is 18.2 Å². The smallest absolute Gasteiger partial charge is 0.252 e. The van der Waals surface area contributed by atoms with Gasteiger partial charge in [0.2, 0.25) is 5.91 Å². The van der Waals surface area contributed by atoms with Gasteiger partial charge in [0.1, 0.15) is 6.54 Å². The van der Waals surface area contributed by atoms with E-state index in [4.69, 9.17) is 12.2 Å². The fourth-order valence-corrected chi connectivity index (χ4v) is 3.56. The van der Waals surface area contributed by atoms with Crippen LogP contribution in [0.25, 0.3) is 20.7 Å². The number of H-pyrrole nitrogens is 1. The Morgan fingerprint density at radius 1 is 1.36 bits per heavy atom. The number of thiophene rings is 1. The zero-order valence-electron chi connectivity index (χ0n) is 11.8. The standard InChI is InChI=1S/C15H13N3O2S2/c1-16-14(20)8-18-10(7-13(19)17-15(18)21)12-6-9-4-2-3-5-11(9)22-12/h2-7H,8H2,1H3,(H,16,20)(H,17,19,21). The summed E-state index contributed by atoms with van der Waals surface area (Å²) in [5.41, 5.74) is 0.379. The van der Waals surface area contributed by atoms with Crippen LogP contribution in [0, 0.1) is 4.77 Å². The molecule has 0 saturated carbocycles. The van der Waals surface area contributed by atoms with Crippen molar-refractivity contribution in [1.82, 2.24) is 14.9 Å². The van der Waals surface area contributed by atoms with Crippen molar-refractivity contribution in [2.75, 3.05) is 7.05 Å². The Labute approximate surface area is 135 Å². The number of aromatic nitrogens is 2. The maximum absolute atomic E-state index is 11.8. The van der Waals surface area contributed by atoms with E-state index in [1.807, 2.05) is 30.3 Å². The first-order valence-electron chi connectivity index (χ1n) is 6.62. The number of fused-ring (bicyclic) bond motifs is 1. The van der Waals surface area contributed by atoms with E-state index < -0.39 is 0 Å². The number of aromatic amines is 1. The van der Waals surface area contributed by atoms with Crippen LogP contribution >= 0.6 is 23.6 Å². The third kappa shape index (κ3) is 2.72. The van der Waals surface area contributed by atoms with Crippen molar-refractivity contribution in [3.8, 4) is 10.6 Å². The van der Waals surface area contributed by atoms with Crippen molar-refractivity contribution < 1.29 is 4.79 Å². The molecule has 0 aliphatic heterocycles. The zero-order valence-corrected chi connectivity index (χ0v) is 13.4. The molecule has 2 aromatic heterocycles. The third-order valence-corrected chi connectivity index (χ3v) is 4.75. The predicted octanol–water partition coefficient (Wildman–Crippen LogP) is 2.53. The second kappa shape index (κ2) is 5.86. The lowest BCUT2D eigenvalue weighted by Crippen LogP contribution is -2.26. The summed E-state index contributed by atoms with van der Waals surface area (Å²) in [6, 6.07) is 11.5. The average Bonchev–Trinajstić information content (AvgIpc) is 2.93. The van der Waals surface area contributed by atoms with Crippen LogP contribution in [0.3, 0.4) is 0 Å². The lowest BCUT2D eigenvalue weighted by atomic mass is 10.2. The van der Waals surface area contributed by atoms with Crippen LogP contribution in [0.4, 0.5) is 0 Å². The summed E-state index contributed by atoms with van der Waals surface area (Å²) in [5, 5.41) is 3.66. The molecule has 0 aliphatic rings. The van der Waals surface area contributed by atoms with Crippen molar-refractivity contribution in [1.29, 1.82) is 0 Å². The molecule has 2 heterocycles. The minimum atomic E-state index is -0.273. The van der Waals surface area contributed by atoms with Crippen LogP contribution in [-0.4, -0.2) is 22.5 Å². The highest BCUT2D eigenvalue weighted by atomic mass is 32.1. The summed E-state index contributed by atoms with van der Waals surface area (Å²) < 4.78 is 3.00. The summed E-state index contributed by atoms with van der Waals surface area (Å²) in [6.45, 7) is 0.0652. The number of amides is 1. The number of hydrogen-bond acceptors (Lipinski definition) is 4. The highest BCUT2D eigenvalue weighted by Crippen LogP contribution is 2.32. The fraction of sp³-hybridized carbons (Fsp3) is 0.133. The first kappa shape index (κ1) is 14.7. The van der Waals surface area contributed by atoms with Crippen LogP contribution in [0.15, 0.2) is 41.2 Å². The highest BCUT2D eigenvalue weighted by molar-refractivity contribution is 7.71. The van der Waals surface area contributed by atoms with Gasteiger partial charge in [0.15, 0.2) is 4.77 Å². The van der Waals surface area contributed by atoms with Gasteiger partial charge in [-0.15, -0.1) is 11.3 Å². The van der Waals surface area contributed by atoms with Crippen molar-refractivity contribution in [3.63, 3.8) is 0 Å². The molecular weight excluding hydrogens is 318 g/mol. The molecule has 2 N–H and O–H groups in total. The van der Waals surface area contributed by atoms with Crippen LogP contribution in [0.5, 0.6) is 0 Å². The van der Waals surface area contributed by atoms with Gasteiger partial charge in [-0.25, -0.2) is 0 Å². The molecule has 0 aliphatic carbocycles. The number of nitrogens with zero attached hydrogens (tertiary/aromatic N) is 1. The summed E-state index contributed by atoms with van der Waals surface area (Å²) in [4.78, 5) is 26.9. The SMILES string of the molecule is CNC(=O)Cn1c(-c2cc3ccccc3s2)cc(=O)[nH]c1=S. The molecule has 7 heteroatoms. The molecule has 112 valence electrons. The maximum Gasteiger partial charge on any atom is 0.252 e. The predicted molar refractivity (Wildman–Crippen MR) is 90.8 cm³/mol. The zero-order chi connectivity index (χ0) is 15.7. The quantitative estimate of drug-likeness (QED) is 0.725. The number of nitrogens with one attached hydrogen (secondary N) is 2. The Morgan fingerprint density at radius 3 is 2.86 bits per heavy atom.